The second kappa shape index (κ2) is 12.3. The van der Waals surface area contributed by atoms with Crippen molar-refractivity contribution in [3.05, 3.63) is 59.7 Å². The maximum absolute atomic E-state index is 12.2. The molecule has 4 rings (SSSR count). The fourth-order valence-electron chi connectivity index (χ4n) is 4.79. The molecule has 6 nitrogen and oxygen atoms in total. The third kappa shape index (κ3) is 7.82. The molecule has 2 aromatic carbocycles. The number of anilines is 2. The predicted octanol–water partition coefficient (Wildman–Crippen LogP) is 5.76. The van der Waals surface area contributed by atoms with Gasteiger partial charge in [0.25, 0.3) is 0 Å². The van der Waals surface area contributed by atoms with Crippen LogP contribution in [0.4, 0.5) is 16.2 Å². The van der Waals surface area contributed by atoms with Gasteiger partial charge in [0, 0.05) is 12.2 Å². The van der Waals surface area contributed by atoms with Crippen molar-refractivity contribution in [3.63, 3.8) is 0 Å². The van der Waals surface area contributed by atoms with Gasteiger partial charge in [-0.1, -0.05) is 49.6 Å². The Morgan fingerprint density at radius 2 is 1.79 bits per heavy atom. The van der Waals surface area contributed by atoms with Crippen LogP contribution in [0.3, 0.4) is 0 Å². The zero-order chi connectivity index (χ0) is 23.6. The van der Waals surface area contributed by atoms with Gasteiger partial charge in [0.15, 0.2) is 0 Å². The van der Waals surface area contributed by atoms with Gasteiger partial charge in [-0.15, -0.1) is 0 Å². The third-order valence-corrected chi connectivity index (χ3v) is 6.33. The molecule has 0 heterocycles. The largest absolute Gasteiger partial charge is 0.495 e. The van der Waals surface area contributed by atoms with E-state index in [9.17, 15) is 4.79 Å². The maximum atomic E-state index is 12.2. The van der Waals surface area contributed by atoms with Crippen LogP contribution in [0, 0.1) is 18.8 Å². The first-order valence-electron chi connectivity index (χ1n) is 11.8. The minimum absolute atomic E-state index is 0.0693. The lowest BCUT2D eigenvalue weighted by Gasteiger charge is -2.38. The fraction of sp³-hybridized carbons (Fsp3) is 0.444. The zero-order valence-corrected chi connectivity index (χ0v) is 19.8. The van der Waals surface area contributed by atoms with Gasteiger partial charge < -0.3 is 20.9 Å². The lowest BCUT2D eigenvalue weighted by atomic mass is 9.71. The van der Waals surface area contributed by atoms with E-state index in [-0.39, 0.29) is 12.2 Å². The summed E-state index contributed by atoms with van der Waals surface area (Å²) in [6, 6.07) is 13.4. The normalized spacial score (nSPS) is 21.6. The Balaban J connectivity index is 0.000000235. The molecule has 1 amide bonds. The number of nitrogens with two attached hydrogens (primary N) is 2. The van der Waals surface area contributed by atoms with E-state index in [1.807, 2.05) is 61.5 Å². The summed E-state index contributed by atoms with van der Waals surface area (Å²) in [5.41, 5.74) is 14.5. The van der Waals surface area contributed by atoms with Gasteiger partial charge in [-0.3, -0.25) is 5.32 Å². The van der Waals surface area contributed by atoms with Crippen molar-refractivity contribution < 1.29 is 14.3 Å². The third-order valence-electron chi connectivity index (χ3n) is 6.33. The Hall–Kier alpha value is -2.99. The number of benzene rings is 2. The van der Waals surface area contributed by atoms with Gasteiger partial charge in [-0.2, -0.15) is 0 Å². The number of carbonyl (C=O) groups excluding carboxylic acids is 1. The van der Waals surface area contributed by atoms with Crippen molar-refractivity contribution >= 4 is 23.5 Å². The van der Waals surface area contributed by atoms with Crippen molar-refractivity contribution in [1.82, 2.24) is 0 Å². The minimum atomic E-state index is -0.367. The van der Waals surface area contributed by atoms with Gasteiger partial charge in [0.05, 0.1) is 12.8 Å². The molecule has 2 atom stereocenters. The summed E-state index contributed by atoms with van der Waals surface area (Å²) in [6.07, 6.45) is 10.9. The van der Waals surface area contributed by atoms with E-state index in [1.54, 1.807) is 7.11 Å². The Kier molecular flexibility index (Phi) is 9.19. The van der Waals surface area contributed by atoms with Crippen molar-refractivity contribution in [2.75, 3.05) is 24.7 Å². The van der Waals surface area contributed by atoms with Gasteiger partial charge >= 0.3 is 6.09 Å². The number of hydrogen-bond acceptors (Lipinski definition) is 5. The number of aryl methyl sites for hydroxylation is 1. The summed E-state index contributed by atoms with van der Waals surface area (Å²) in [6.45, 7) is 2.56. The fourth-order valence-corrected chi connectivity index (χ4v) is 4.79. The van der Waals surface area contributed by atoms with Gasteiger partial charge in [-0.05, 0) is 73.4 Å². The van der Waals surface area contributed by atoms with E-state index in [0.717, 1.165) is 41.5 Å². The average molecular weight is 452 g/mol. The highest BCUT2D eigenvalue weighted by atomic mass is 16.6. The zero-order valence-electron chi connectivity index (χ0n) is 19.8. The lowest BCUT2D eigenvalue weighted by molar-refractivity contribution is 0.0303. The number of nitrogens with one attached hydrogen (secondary N) is 1. The van der Waals surface area contributed by atoms with E-state index in [2.05, 4.69) is 5.32 Å². The molecule has 2 aromatic rings. The van der Waals surface area contributed by atoms with Gasteiger partial charge in [0.1, 0.15) is 11.9 Å². The molecule has 2 aliphatic rings. The molecule has 2 unspecified atom stereocenters. The van der Waals surface area contributed by atoms with Crippen LogP contribution in [0.1, 0.15) is 49.7 Å². The molecule has 0 aromatic heterocycles. The van der Waals surface area contributed by atoms with Crippen LogP contribution in [0.5, 0.6) is 5.75 Å². The van der Waals surface area contributed by atoms with Crippen LogP contribution in [0.2, 0.25) is 0 Å². The number of rotatable bonds is 5. The molecular weight excluding hydrogens is 414 g/mol. The predicted molar refractivity (Wildman–Crippen MR) is 135 cm³/mol. The molecule has 2 saturated carbocycles. The summed E-state index contributed by atoms with van der Waals surface area (Å²) in [5, 5.41) is 2.83. The molecular formula is C27H37N3O3. The Labute approximate surface area is 197 Å². The molecule has 178 valence electrons. The molecule has 0 radical (unpaired) electrons. The van der Waals surface area contributed by atoms with E-state index >= 15 is 0 Å². The number of fused-ring (bicyclic) bond motifs is 2. The topological polar surface area (TPSA) is 99.6 Å². The van der Waals surface area contributed by atoms with Crippen LogP contribution < -0.4 is 21.5 Å². The Morgan fingerprint density at radius 3 is 2.42 bits per heavy atom. The van der Waals surface area contributed by atoms with E-state index in [1.165, 1.54) is 25.7 Å². The summed E-state index contributed by atoms with van der Waals surface area (Å²) in [7, 11) is 1.60. The van der Waals surface area contributed by atoms with Gasteiger partial charge in [-0.25, -0.2) is 4.79 Å². The minimum Gasteiger partial charge on any atom is -0.495 e. The first-order chi connectivity index (χ1) is 16.0. The van der Waals surface area contributed by atoms with Crippen molar-refractivity contribution in [3.8, 4) is 5.75 Å². The van der Waals surface area contributed by atoms with Crippen LogP contribution in [0.25, 0.3) is 6.08 Å². The van der Waals surface area contributed by atoms with Crippen LogP contribution in [0.15, 0.2) is 48.5 Å². The van der Waals surface area contributed by atoms with Gasteiger partial charge in [0.2, 0.25) is 0 Å². The number of nitrogen functional groups attached to an aromatic ring is 1. The number of hydrogen-bond donors (Lipinski definition) is 3. The first kappa shape index (κ1) is 24.6. The quantitative estimate of drug-likeness (QED) is 0.502. The molecule has 2 fully saturated rings. The molecule has 0 spiro atoms. The molecule has 0 aliphatic heterocycles. The molecule has 0 saturated heterocycles. The molecule has 2 bridgehead atoms. The molecule has 5 N–H and O–H groups in total. The standard InChI is InChI=1S/C18H25NO3.C9H12N2/c1-12-6-7-17(21-2)16(8-12)19-18(20)22-15-10-13-4-3-5-14(9-13)11-15;10-7-1-2-8-3-5-9(11)6-4-8/h6-8,13-15H,3-5,9-11H2,1-2H3,(H,19,20);1-6H,7,10-11H2/b;2-1+. The summed E-state index contributed by atoms with van der Waals surface area (Å²) in [5.74, 6) is 2.15. The average Bonchev–Trinajstić information content (AvgIpc) is 2.79. The Bertz CT molecular complexity index is 915. The van der Waals surface area contributed by atoms with Crippen molar-refractivity contribution in [1.29, 1.82) is 0 Å². The monoisotopic (exact) mass is 451 g/mol. The summed E-state index contributed by atoms with van der Waals surface area (Å²) >= 11 is 0. The van der Waals surface area contributed by atoms with E-state index < -0.39 is 0 Å². The SMILES string of the molecule is COc1ccc(C)cc1NC(=O)OC1CC2CCCC(C2)C1.NC/C=C/c1ccc(N)cc1. The molecule has 2 aliphatic carbocycles. The lowest BCUT2D eigenvalue weighted by Crippen LogP contribution is -2.34. The first-order valence-corrected chi connectivity index (χ1v) is 11.8. The summed E-state index contributed by atoms with van der Waals surface area (Å²) < 4.78 is 10.9. The highest BCUT2D eigenvalue weighted by Crippen LogP contribution is 2.41. The van der Waals surface area contributed by atoms with Crippen molar-refractivity contribution in [2.45, 2.75) is 51.6 Å². The Morgan fingerprint density at radius 1 is 1.09 bits per heavy atom. The number of amides is 1. The van der Waals surface area contributed by atoms with Crippen LogP contribution >= 0.6 is 0 Å². The number of methoxy groups -OCH3 is 1. The van der Waals surface area contributed by atoms with Crippen molar-refractivity contribution in [2.24, 2.45) is 17.6 Å². The summed E-state index contributed by atoms with van der Waals surface area (Å²) in [4.78, 5) is 12.2. The maximum Gasteiger partial charge on any atom is 0.412 e. The molecule has 33 heavy (non-hydrogen) atoms. The van der Waals surface area contributed by atoms with E-state index in [4.69, 9.17) is 20.9 Å². The second-order valence-corrected chi connectivity index (χ2v) is 9.03. The highest BCUT2D eigenvalue weighted by molar-refractivity contribution is 5.87. The second-order valence-electron chi connectivity index (χ2n) is 9.03. The van der Waals surface area contributed by atoms with Crippen LogP contribution in [-0.4, -0.2) is 25.9 Å². The van der Waals surface area contributed by atoms with E-state index in [0.29, 0.717) is 18.0 Å². The number of carbonyl (C=O) groups is 1. The van der Waals surface area contributed by atoms with Crippen LogP contribution in [-0.2, 0) is 4.74 Å². The highest BCUT2D eigenvalue weighted by Gasteiger charge is 2.33. The molecule has 6 heteroatoms. The smallest absolute Gasteiger partial charge is 0.412 e. The number of ether oxygens (including phenoxy) is 2.